The van der Waals surface area contributed by atoms with Crippen molar-refractivity contribution < 1.29 is 9.53 Å². The highest BCUT2D eigenvalue weighted by Gasteiger charge is 2.17. The summed E-state index contributed by atoms with van der Waals surface area (Å²) >= 11 is 0. The molecule has 0 aromatic heterocycles. The maximum Gasteiger partial charge on any atom is 0.259 e. The number of nitrogens with one attached hydrogen (secondary N) is 1. The summed E-state index contributed by atoms with van der Waals surface area (Å²) in [5.74, 6) is 0.529. The highest BCUT2D eigenvalue weighted by molar-refractivity contribution is 6.07. The van der Waals surface area contributed by atoms with Crippen LogP contribution >= 0.6 is 0 Å². The molecule has 2 aromatic rings. The van der Waals surface area contributed by atoms with E-state index in [4.69, 9.17) is 10.5 Å². The standard InChI is InChI=1S/C30H46N2O2/c1-3-5-6-7-8-9-10-11-12-13-14-15-16-18-25-19-17-20-28(34-4-2)29(25)30(33)32-27-23-21-26(31)22-24-27/h17,19-24H,3-16,18,31H2,1-2H3,(H,32,33). The van der Waals surface area contributed by atoms with E-state index in [1.165, 1.54) is 77.0 Å². The fourth-order valence-electron chi connectivity index (χ4n) is 4.41. The molecule has 1 amide bonds. The first-order chi connectivity index (χ1) is 16.7. The normalized spacial score (nSPS) is 10.9. The smallest absolute Gasteiger partial charge is 0.259 e. The predicted molar refractivity (Wildman–Crippen MR) is 146 cm³/mol. The van der Waals surface area contributed by atoms with Gasteiger partial charge in [-0.05, 0) is 55.7 Å². The van der Waals surface area contributed by atoms with Crippen molar-refractivity contribution >= 4 is 17.3 Å². The summed E-state index contributed by atoms with van der Waals surface area (Å²) in [6, 6.07) is 13.2. The number of carbonyl (C=O) groups excluding carboxylic acids is 1. The molecule has 4 nitrogen and oxygen atoms in total. The van der Waals surface area contributed by atoms with Gasteiger partial charge < -0.3 is 15.8 Å². The Morgan fingerprint density at radius 1 is 0.765 bits per heavy atom. The van der Waals surface area contributed by atoms with Crippen LogP contribution in [0.5, 0.6) is 5.75 Å². The second kappa shape index (κ2) is 17.0. The zero-order valence-electron chi connectivity index (χ0n) is 21.5. The number of benzene rings is 2. The average Bonchev–Trinajstić information content (AvgIpc) is 2.83. The molecule has 0 unspecified atom stereocenters. The number of hydrogen-bond acceptors (Lipinski definition) is 3. The predicted octanol–water partition coefficient (Wildman–Crippen LogP) is 8.55. The molecule has 34 heavy (non-hydrogen) atoms. The zero-order valence-corrected chi connectivity index (χ0v) is 21.5. The number of amides is 1. The van der Waals surface area contributed by atoms with Gasteiger partial charge in [0, 0.05) is 11.4 Å². The highest BCUT2D eigenvalue weighted by Crippen LogP contribution is 2.26. The van der Waals surface area contributed by atoms with Crippen LogP contribution in [-0.4, -0.2) is 12.5 Å². The number of nitrogens with two attached hydrogens (primary N) is 1. The topological polar surface area (TPSA) is 64.3 Å². The number of carbonyl (C=O) groups is 1. The fourth-order valence-corrected chi connectivity index (χ4v) is 4.41. The van der Waals surface area contributed by atoms with Gasteiger partial charge in [-0.15, -0.1) is 0 Å². The molecule has 0 bridgehead atoms. The average molecular weight is 467 g/mol. The SMILES string of the molecule is CCCCCCCCCCCCCCCc1cccc(OCC)c1C(=O)Nc1ccc(N)cc1. The number of hydrogen-bond donors (Lipinski definition) is 2. The van der Waals surface area contributed by atoms with E-state index in [-0.39, 0.29) is 5.91 Å². The zero-order chi connectivity index (χ0) is 24.4. The van der Waals surface area contributed by atoms with Gasteiger partial charge in [0.1, 0.15) is 5.75 Å². The van der Waals surface area contributed by atoms with E-state index in [2.05, 4.69) is 18.3 Å². The van der Waals surface area contributed by atoms with E-state index in [0.717, 1.165) is 24.1 Å². The number of unbranched alkanes of at least 4 members (excludes halogenated alkanes) is 12. The summed E-state index contributed by atoms with van der Waals surface area (Å²) in [7, 11) is 0. The molecule has 188 valence electrons. The van der Waals surface area contributed by atoms with Gasteiger partial charge in [-0.1, -0.05) is 96.1 Å². The lowest BCUT2D eigenvalue weighted by Gasteiger charge is -2.15. The van der Waals surface area contributed by atoms with Gasteiger partial charge in [-0.3, -0.25) is 4.79 Å². The largest absolute Gasteiger partial charge is 0.493 e. The molecule has 0 aliphatic heterocycles. The first-order valence-electron chi connectivity index (χ1n) is 13.6. The summed E-state index contributed by atoms with van der Waals surface area (Å²) in [5.41, 5.74) is 8.88. The van der Waals surface area contributed by atoms with Crippen LogP contribution in [0.25, 0.3) is 0 Å². The van der Waals surface area contributed by atoms with Crippen LogP contribution in [0.4, 0.5) is 11.4 Å². The molecular weight excluding hydrogens is 420 g/mol. The van der Waals surface area contributed by atoms with E-state index in [1.807, 2.05) is 31.2 Å². The number of anilines is 2. The molecule has 3 N–H and O–H groups in total. The van der Waals surface area contributed by atoms with Gasteiger partial charge in [-0.2, -0.15) is 0 Å². The summed E-state index contributed by atoms with van der Waals surface area (Å²) in [4.78, 5) is 13.1. The van der Waals surface area contributed by atoms with Gasteiger partial charge in [0.15, 0.2) is 0 Å². The minimum Gasteiger partial charge on any atom is -0.493 e. The van der Waals surface area contributed by atoms with Gasteiger partial charge in [-0.25, -0.2) is 0 Å². The Morgan fingerprint density at radius 2 is 1.32 bits per heavy atom. The number of nitrogen functional groups attached to an aromatic ring is 1. The summed E-state index contributed by atoms with van der Waals surface area (Å²) in [6.45, 7) is 4.75. The van der Waals surface area contributed by atoms with E-state index in [9.17, 15) is 4.79 Å². The third-order valence-corrected chi connectivity index (χ3v) is 6.36. The Kier molecular flexibility index (Phi) is 13.9. The van der Waals surface area contributed by atoms with Crippen LogP contribution in [0.15, 0.2) is 42.5 Å². The molecule has 0 aliphatic carbocycles. The van der Waals surface area contributed by atoms with Crippen molar-refractivity contribution in [3.05, 3.63) is 53.6 Å². The number of rotatable bonds is 18. The van der Waals surface area contributed by atoms with E-state index in [0.29, 0.717) is 23.6 Å². The van der Waals surface area contributed by atoms with Gasteiger partial charge in [0.25, 0.3) is 5.91 Å². The number of aryl methyl sites for hydroxylation is 1. The molecule has 0 spiro atoms. The van der Waals surface area contributed by atoms with Crippen LogP contribution in [0.3, 0.4) is 0 Å². The molecule has 0 saturated heterocycles. The first-order valence-corrected chi connectivity index (χ1v) is 13.6. The van der Waals surface area contributed by atoms with E-state index >= 15 is 0 Å². The lowest BCUT2D eigenvalue weighted by Crippen LogP contribution is -2.16. The molecule has 0 heterocycles. The molecular formula is C30H46N2O2. The quantitative estimate of drug-likeness (QED) is 0.171. The van der Waals surface area contributed by atoms with E-state index in [1.54, 1.807) is 12.1 Å². The molecule has 0 atom stereocenters. The Hall–Kier alpha value is -2.49. The Morgan fingerprint density at radius 3 is 1.88 bits per heavy atom. The number of ether oxygens (including phenoxy) is 1. The second-order valence-electron chi connectivity index (χ2n) is 9.29. The van der Waals surface area contributed by atoms with Crippen molar-refractivity contribution in [1.29, 1.82) is 0 Å². The maximum atomic E-state index is 13.1. The van der Waals surface area contributed by atoms with Crippen LogP contribution in [0.2, 0.25) is 0 Å². The van der Waals surface area contributed by atoms with Crippen LogP contribution in [0.1, 0.15) is 113 Å². The summed E-state index contributed by atoms with van der Waals surface area (Å²) < 4.78 is 5.79. The molecule has 0 aliphatic rings. The van der Waals surface area contributed by atoms with Gasteiger partial charge >= 0.3 is 0 Å². The van der Waals surface area contributed by atoms with Crippen LogP contribution in [0, 0.1) is 0 Å². The second-order valence-corrected chi connectivity index (χ2v) is 9.29. The van der Waals surface area contributed by atoms with Crippen LogP contribution < -0.4 is 15.8 Å². The maximum absolute atomic E-state index is 13.1. The Bertz CT molecular complexity index is 817. The third kappa shape index (κ3) is 10.6. The Balaban J connectivity index is 1.75. The van der Waals surface area contributed by atoms with E-state index < -0.39 is 0 Å². The molecule has 2 aromatic carbocycles. The van der Waals surface area contributed by atoms with Crippen molar-refractivity contribution in [2.45, 2.75) is 104 Å². The Labute approximate surface area is 207 Å². The molecule has 2 rings (SSSR count). The van der Waals surface area contributed by atoms with Gasteiger partial charge in [0.05, 0.1) is 12.2 Å². The molecule has 0 radical (unpaired) electrons. The van der Waals surface area contributed by atoms with Crippen molar-refractivity contribution in [1.82, 2.24) is 0 Å². The van der Waals surface area contributed by atoms with Crippen molar-refractivity contribution in [3.8, 4) is 5.75 Å². The molecule has 0 fully saturated rings. The fraction of sp³-hybridized carbons (Fsp3) is 0.567. The summed E-state index contributed by atoms with van der Waals surface area (Å²) in [5, 5.41) is 3.00. The van der Waals surface area contributed by atoms with Crippen molar-refractivity contribution in [2.24, 2.45) is 0 Å². The lowest BCUT2D eigenvalue weighted by atomic mass is 9.98. The van der Waals surface area contributed by atoms with Crippen molar-refractivity contribution in [2.75, 3.05) is 17.7 Å². The van der Waals surface area contributed by atoms with Gasteiger partial charge in [0.2, 0.25) is 0 Å². The highest BCUT2D eigenvalue weighted by atomic mass is 16.5. The van der Waals surface area contributed by atoms with Crippen LogP contribution in [-0.2, 0) is 6.42 Å². The minimum absolute atomic E-state index is 0.126. The third-order valence-electron chi connectivity index (χ3n) is 6.36. The molecule has 0 saturated carbocycles. The minimum atomic E-state index is -0.126. The van der Waals surface area contributed by atoms with Crippen molar-refractivity contribution in [3.63, 3.8) is 0 Å². The monoisotopic (exact) mass is 466 g/mol. The molecule has 4 heteroatoms. The first kappa shape index (κ1) is 27.8. The lowest BCUT2D eigenvalue weighted by molar-refractivity contribution is 0.102. The summed E-state index contributed by atoms with van der Waals surface area (Å²) in [6.07, 6.45) is 18.3.